The van der Waals surface area contributed by atoms with Gasteiger partial charge in [-0.3, -0.25) is 0 Å². The second-order valence-corrected chi connectivity index (χ2v) is 5.54. The number of hydrogen-bond donors (Lipinski definition) is 1. The molecule has 1 fully saturated rings. The van der Waals surface area contributed by atoms with Crippen molar-refractivity contribution < 1.29 is 0 Å². The first-order chi connectivity index (χ1) is 8.72. The van der Waals surface area contributed by atoms with E-state index in [4.69, 9.17) is 10.7 Å². The van der Waals surface area contributed by atoms with E-state index in [1.54, 1.807) is 0 Å². The van der Waals surface area contributed by atoms with Crippen LogP contribution in [-0.2, 0) is 6.42 Å². The van der Waals surface area contributed by atoms with Gasteiger partial charge in [0.25, 0.3) is 0 Å². The zero-order valence-corrected chi connectivity index (χ0v) is 11.7. The molecule has 2 N–H and O–H groups in total. The van der Waals surface area contributed by atoms with Gasteiger partial charge >= 0.3 is 0 Å². The number of aryl methyl sites for hydroxylation is 1. The molecule has 0 aromatic carbocycles. The maximum Gasteiger partial charge on any atom is 0.131 e. The van der Waals surface area contributed by atoms with Crippen LogP contribution in [0.3, 0.4) is 0 Å². The molecular formula is C15H25N3. The smallest absolute Gasteiger partial charge is 0.131 e. The maximum absolute atomic E-state index is 5.62. The van der Waals surface area contributed by atoms with E-state index in [0.717, 1.165) is 29.6 Å². The van der Waals surface area contributed by atoms with Crippen LogP contribution in [0.4, 0.5) is 0 Å². The maximum atomic E-state index is 5.62. The van der Waals surface area contributed by atoms with Crippen molar-refractivity contribution in [1.82, 2.24) is 9.97 Å². The summed E-state index contributed by atoms with van der Waals surface area (Å²) in [6.07, 6.45) is 7.38. The number of nitrogens with zero attached hydrogens (tertiary/aromatic N) is 2. The summed E-state index contributed by atoms with van der Waals surface area (Å²) in [7, 11) is 0. The Kier molecular flexibility index (Phi) is 4.70. The van der Waals surface area contributed by atoms with Gasteiger partial charge in [0.05, 0.1) is 0 Å². The van der Waals surface area contributed by atoms with E-state index in [9.17, 15) is 0 Å². The van der Waals surface area contributed by atoms with Gasteiger partial charge in [0.1, 0.15) is 5.82 Å². The van der Waals surface area contributed by atoms with Gasteiger partial charge in [-0.15, -0.1) is 0 Å². The Hall–Kier alpha value is -0.960. The van der Waals surface area contributed by atoms with Crippen molar-refractivity contribution in [2.45, 2.75) is 58.3 Å². The Balaban J connectivity index is 2.16. The molecule has 3 heteroatoms. The van der Waals surface area contributed by atoms with Crippen molar-refractivity contribution in [3.05, 3.63) is 23.3 Å². The third-order valence-corrected chi connectivity index (χ3v) is 4.05. The Morgan fingerprint density at radius 2 is 2.17 bits per heavy atom. The molecule has 0 spiro atoms. The third-order valence-electron chi connectivity index (χ3n) is 4.05. The molecule has 1 aromatic rings. The van der Waals surface area contributed by atoms with Crippen molar-refractivity contribution in [2.75, 3.05) is 6.54 Å². The van der Waals surface area contributed by atoms with Crippen LogP contribution in [-0.4, -0.2) is 16.5 Å². The van der Waals surface area contributed by atoms with Gasteiger partial charge in [0, 0.05) is 23.7 Å². The monoisotopic (exact) mass is 247 g/mol. The second kappa shape index (κ2) is 6.28. The van der Waals surface area contributed by atoms with Crippen molar-refractivity contribution in [1.29, 1.82) is 0 Å². The standard InChI is InChI=1S/C15H25N3/c1-3-12-5-4-6-13(10-12)15-17-11(2)9-14(18-15)7-8-16/h9,12-13H,3-8,10,16H2,1-2H3. The van der Waals surface area contributed by atoms with Crippen LogP contribution in [0.1, 0.15) is 62.2 Å². The third kappa shape index (κ3) is 3.29. The van der Waals surface area contributed by atoms with Crippen molar-refractivity contribution >= 4 is 0 Å². The zero-order chi connectivity index (χ0) is 13.0. The topological polar surface area (TPSA) is 51.8 Å². The number of hydrogen-bond acceptors (Lipinski definition) is 3. The lowest BCUT2D eigenvalue weighted by molar-refractivity contribution is 0.306. The first kappa shape index (κ1) is 13.5. The summed E-state index contributed by atoms with van der Waals surface area (Å²) < 4.78 is 0. The highest BCUT2D eigenvalue weighted by Gasteiger charge is 2.24. The summed E-state index contributed by atoms with van der Waals surface area (Å²) in [5.41, 5.74) is 7.82. The molecule has 1 saturated carbocycles. The van der Waals surface area contributed by atoms with Crippen LogP contribution < -0.4 is 5.73 Å². The molecule has 3 nitrogen and oxygen atoms in total. The molecule has 2 unspecified atom stereocenters. The normalized spacial score (nSPS) is 24.2. The highest BCUT2D eigenvalue weighted by Crippen LogP contribution is 2.36. The van der Waals surface area contributed by atoms with Crippen LogP contribution in [0.15, 0.2) is 6.07 Å². The quantitative estimate of drug-likeness (QED) is 0.890. The van der Waals surface area contributed by atoms with E-state index < -0.39 is 0 Å². The molecule has 2 rings (SSSR count). The van der Waals surface area contributed by atoms with E-state index in [1.165, 1.54) is 32.1 Å². The molecule has 1 aromatic heterocycles. The van der Waals surface area contributed by atoms with E-state index in [2.05, 4.69) is 24.9 Å². The summed E-state index contributed by atoms with van der Waals surface area (Å²) in [6, 6.07) is 2.07. The molecule has 18 heavy (non-hydrogen) atoms. The molecule has 1 heterocycles. The Morgan fingerprint density at radius 1 is 1.33 bits per heavy atom. The lowest BCUT2D eigenvalue weighted by Crippen LogP contribution is -2.17. The van der Waals surface area contributed by atoms with Gasteiger partial charge in [-0.25, -0.2) is 9.97 Å². The number of aromatic nitrogens is 2. The predicted molar refractivity (Wildman–Crippen MR) is 74.5 cm³/mol. The van der Waals surface area contributed by atoms with Crippen molar-refractivity contribution in [3.63, 3.8) is 0 Å². The molecule has 0 radical (unpaired) electrons. The first-order valence-electron chi connectivity index (χ1n) is 7.27. The molecule has 2 atom stereocenters. The number of nitrogens with two attached hydrogens (primary N) is 1. The van der Waals surface area contributed by atoms with Gasteiger partial charge in [0.2, 0.25) is 0 Å². The van der Waals surface area contributed by atoms with Gasteiger partial charge in [-0.1, -0.05) is 26.2 Å². The molecule has 0 bridgehead atoms. The lowest BCUT2D eigenvalue weighted by atomic mass is 9.80. The van der Waals surface area contributed by atoms with Gasteiger partial charge < -0.3 is 5.73 Å². The summed E-state index contributed by atoms with van der Waals surface area (Å²) in [6.45, 7) is 5.02. The van der Waals surface area contributed by atoms with E-state index in [1.807, 2.05) is 0 Å². The zero-order valence-electron chi connectivity index (χ0n) is 11.7. The molecular weight excluding hydrogens is 222 g/mol. The van der Waals surface area contributed by atoms with Gasteiger partial charge in [-0.2, -0.15) is 0 Å². The Bertz CT molecular complexity index is 389. The van der Waals surface area contributed by atoms with Crippen LogP contribution in [0.5, 0.6) is 0 Å². The fraction of sp³-hybridized carbons (Fsp3) is 0.733. The molecule has 1 aliphatic rings. The van der Waals surface area contributed by atoms with E-state index in [0.29, 0.717) is 12.5 Å². The Morgan fingerprint density at radius 3 is 2.89 bits per heavy atom. The van der Waals surface area contributed by atoms with Crippen LogP contribution in [0.2, 0.25) is 0 Å². The molecule has 0 saturated heterocycles. The summed E-state index contributed by atoms with van der Waals surface area (Å²) >= 11 is 0. The van der Waals surface area contributed by atoms with E-state index >= 15 is 0 Å². The van der Waals surface area contributed by atoms with Crippen LogP contribution in [0, 0.1) is 12.8 Å². The van der Waals surface area contributed by atoms with Crippen molar-refractivity contribution in [3.8, 4) is 0 Å². The molecule has 0 aliphatic heterocycles. The average molecular weight is 247 g/mol. The van der Waals surface area contributed by atoms with E-state index in [-0.39, 0.29) is 0 Å². The largest absolute Gasteiger partial charge is 0.330 e. The van der Waals surface area contributed by atoms with Gasteiger partial charge in [0.15, 0.2) is 0 Å². The predicted octanol–water partition coefficient (Wildman–Crippen LogP) is 2.97. The summed E-state index contributed by atoms with van der Waals surface area (Å²) in [5, 5.41) is 0. The highest BCUT2D eigenvalue weighted by molar-refractivity contribution is 5.13. The average Bonchev–Trinajstić information content (AvgIpc) is 2.38. The SMILES string of the molecule is CCC1CCCC(c2nc(C)cc(CCN)n2)C1. The molecule has 0 amide bonds. The summed E-state index contributed by atoms with van der Waals surface area (Å²) in [4.78, 5) is 9.38. The minimum absolute atomic E-state index is 0.570. The Labute approximate surface area is 110 Å². The molecule has 1 aliphatic carbocycles. The first-order valence-corrected chi connectivity index (χ1v) is 7.27. The van der Waals surface area contributed by atoms with Gasteiger partial charge in [-0.05, 0) is 38.3 Å². The fourth-order valence-corrected chi connectivity index (χ4v) is 3.01. The highest BCUT2D eigenvalue weighted by atomic mass is 14.9. The summed E-state index contributed by atoms with van der Waals surface area (Å²) in [5.74, 6) is 2.50. The second-order valence-electron chi connectivity index (χ2n) is 5.54. The van der Waals surface area contributed by atoms with Crippen LogP contribution in [0.25, 0.3) is 0 Å². The van der Waals surface area contributed by atoms with Crippen molar-refractivity contribution in [2.24, 2.45) is 11.7 Å². The fourth-order valence-electron chi connectivity index (χ4n) is 3.01. The minimum atomic E-state index is 0.570. The van der Waals surface area contributed by atoms with Crippen LogP contribution >= 0.6 is 0 Å². The number of rotatable bonds is 4. The molecule has 100 valence electrons. The minimum Gasteiger partial charge on any atom is -0.330 e. The lowest BCUT2D eigenvalue weighted by Gasteiger charge is -2.27.